The molecule has 5 aromatic rings. The second kappa shape index (κ2) is 11.8. The molecule has 1 aliphatic carbocycles. The van der Waals surface area contributed by atoms with Crippen LogP contribution < -0.4 is 5.32 Å². The Hall–Kier alpha value is -4.49. The number of carbonyl (C=O) groups excluding carboxylic acids is 1. The SMILES string of the molecule is O=C(OCc1ccccc1)c1nc([C@@H]2CCCN2)[nH]c1-c1ccc(-c2ccc(-c3cnc(C4CCCC4)[nH]3)cc2)cc1. The molecule has 1 atom stereocenters. The van der Waals surface area contributed by atoms with E-state index in [1.54, 1.807) is 0 Å². The Morgan fingerprint density at radius 2 is 1.45 bits per heavy atom. The van der Waals surface area contributed by atoms with Crippen molar-refractivity contribution >= 4 is 5.97 Å². The van der Waals surface area contributed by atoms with Crippen molar-refractivity contribution in [2.75, 3.05) is 6.54 Å². The Bertz CT molecular complexity index is 1640. The molecule has 7 nitrogen and oxygen atoms in total. The van der Waals surface area contributed by atoms with Crippen LogP contribution in [0.5, 0.6) is 0 Å². The fourth-order valence-corrected chi connectivity index (χ4v) is 6.18. The number of esters is 1. The summed E-state index contributed by atoms with van der Waals surface area (Å²) in [5.41, 5.74) is 7.29. The first-order valence-electron chi connectivity index (χ1n) is 15.0. The van der Waals surface area contributed by atoms with E-state index in [0.717, 1.165) is 64.5 Å². The number of aromatic nitrogens is 4. The number of imidazole rings is 2. The first kappa shape index (κ1) is 26.4. The van der Waals surface area contributed by atoms with Crippen molar-refractivity contribution in [1.29, 1.82) is 0 Å². The number of H-pyrrole nitrogens is 2. The second-order valence-electron chi connectivity index (χ2n) is 11.4. The zero-order chi connectivity index (χ0) is 28.3. The van der Waals surface area contributed by atoms with Crippen molar-refractivity contribution in [3.63, 3.8) is 0 Å². The zero-order valence-electron chi connectivity index (χ0n) is 23.6. The Kier molecular flexibility index (Phi) is 7.41. The minimum absolute atomic E-state index is 0.112. The van der Waals surface area contributed by atoms with Crippen molar-refractivity contribution in [3.05, 3.63) is 108 Å². The predicted molar refractivity (Wildman–Crippen MR) is 164 cm³/mol. The van der Waals surface area contributed by atoms with Crippen LogP contribution in [0.25, 0.3) is 33.6 Å². The molecule has 0 spiro atoms. The Morgan fingerprint density at radius 1 is 0.762 bits per heavy atom. The quantitative estimate of drug-likeness (QED) is 0.171. The molecule has 0 amide bonds. The van der Waals surface area contributed by atoms with Gasteiger partial charge in [-0.25, -0.2) is 14.8 Å². The van der Waals surface area contributed by atoms with E-state index >= 15 is 0 Å². The molecule has 2 aliphatic rings. The van der Waals surface area contributed by atoms with Gasteiger partial charge >= 0.3 is 5.97 Å². The van der Waals surface area contributed by atoms with Gasteiger partial charge in [-0.05, 0) is 54.5 Å². The van der Waals surface area contributed by atoms with Crippen molar-refractivity contribution in [2.45, 2.75) is 57.1 Å². The maximum atomic E-state index is 13.2. The van der Waals surface area contributed by atoms with Gasteiger partial charge in [0.25, 0.3) is 0 Å². The smallest absolute Gasteiger partial charge is 0.359 e. The van der Waals surface area contributed by atoms with E-state index in [2.05, 4.69) is 56.7 Å². The fourth-order valence-electron chi connectivity index (χ4n) is 6.18. The van der Waals surface area contributed by atoms with Crippen molar-refractivity contribution in [1.82, 2.24) is 25.3 Å². The molecule has 2 fully saturated rings. The molecular weight excluding hydrogens is 522 g/mol. The van der Waals surface area contributed by atoms with Gasteiger partial charge in [-0.15, -0.1) is 0 Å². The van der Waals surface area contributed by atoms with Gasteiger partial charge < -0.3 is 20.0 Å². The molecule has 42 heavy (non-hydrogen) atoms. The standard InChI is InChI=1S/C35H35N5O2/c41-35(42-22-23-7-2-1-3-8-23)32-31(39-34(40-32)29-11-6-20-36-29)27-18-14-25(15-19-27)24-12-16-26(17-13-24)30-21-37-33(38-30)28-9-4-5-10-28/h1-3,7-8,12-19,21,28-29,36H,4-6,9-11,20,22H2,(H,37,38)(H,39,40)/t29-/m0/s1. The first-order chi connectivity index (χ1) is 20.7. The van der Waals surface area contributed by atoms with E-state index in [4.69, 9.17) is 9.72 Å². The molecule has 212 valence electrons. The number of nitrogens with zero attached hydrogens (tertiary/aromatic N) is 2. The summed E-state index contributed by atoms with van der Waals surface area (Å²) in [4.78, 5) is 29.6. The third-order valence-corrected chi connectivity index (χ3v) is 8.56. The summed E-state index contributed by atoms with van der Waals surface area (Å²) in [5.74, 6) is 2.05. The van der Waals surface area contributed by atoms with E-state index in [-0.39, 0.29) is 12.6 Å². The Balaban J connectivity index is 1.10. The van der Waals surface area contributed by atoms with E-state index in [9.17, 15) is 4.79 Å². The molecule has 3 aromatic carbocycles. The summed E-state index contributed by atoms with van der Waals surface area (Å²) in [6.07, 6.45) is 9.09. The van der Waals surface area contributed by atoms with Gasteiger partial charge in [0.15, 0.2) is 5.69 Å². The number of hydrogen-bond acceptors (Lipinski definition) is 5. The normalized spacial score (nSPS) is 17.1. The molecule has 1 saturated heterocycles. The topological polar surface area (TPSA) is 95.7 Å². The highest BCUT2D eigenvalue weighted by molar-refractivity contribution is 5.94. The third kappa shape index (κ3) is 5.52. The van der Waals surface area contributed by atoms with E-state index in [1.807, 2.05) is 48.7 Å². The first-order valence-corrected chi connectivity index (χ1v) is 15.0. The highest BCUT2D eigenvalue weighted by Gasteiger charge is 2.26. The summed E-state index contributed by atoms with van der Waals surface area (Å²) >= 11 is 0. The average Bonchev–Trinajstić information content (AvgIpc) is 3.87. The maximum absolute atomic E-state index is 13.2. The van der Waals surface area contributed by atoms with Crippen molar-refractivity contribution in [3.8, 4) is 33.6 Å². The van der Waals surface area contributed by atoms with Crippen LogP contribution in [0, 0.1) is 0 Å². The van der Waals surface area contributed by atoms with Gasteiger partial charge in [-0.1, -0.05) is 91.7 Å². The van der Waals surface area contributed by atoms with Crippen LogP contribution in [0.1, 0.15) is 78.2 Å². The lowest BCUT2D eigenvalue weighted by Crippen LogP contribution is -2.14. The minimum Gasteiger partial charge on any atom is -0.456 e. The van der Waals surface area contributed by atoms with Gasteiger partial charge in [-0.3, -0.25) is 0 Å². The van der Waals surface area contributed by atoms with E-state index in [1.165, 1.54) is 25.7 Å². The molecule has 1 saturated carbocycles. The molecular formula is C35H35N5O2. The van der Waals surface area contributed by atoms with Crippen molar-refractivity contribution in [2.24, 2.45) is 0 Å². The number of benzene rings is 3. The average molecular weight is 558 g/mol. The summed E-state index contributed by atoms with van der Waals surface area (Å²) < 4.78 is 5.67. The third-order valence-electron chi connectivity index (χ3n) is 8.56. The van der Waals surface area contributed by atoms with Crippen molar-refractivity contribution < 1.29 is 9.53 Å². The summed E-state index contributed by atoms with van der Waals surface area (Å²) in [7, 11) is 0. The van der Waals surface area contributed by atoms with Crippen LogP contribution in [-0.4, -0.2) is 32.4 Å². The number of rotatable bonds is 8. The van der Waals surface area contributed by atoms with Gasteiger partial charge in [0.2, 0.25) is 0 Å². The molecule has 0 radical (unpaired) electrons. The van der Waals surface area contributed by atoms with Crippen LogP contribution >= 0.6 is 0 Å². The molecule has 3 N–H and O–H groups in total. The number of ether oxygens (including phenoxy) is 1. The Labute approximate surface area is 245 Å². The minimum atomic E-state index is -0.427. The molecule has 0 unspecified atom stereocenters. The largest absolute Gasteiger partial charge is 0.456 e. The molecule has 0 bridgehead atoms. The number of carbonyl (C=O) groups is 1. The lowest BCUT2D eigenvalue weighted by Gasteiger charge is -2.08. The molecule has 7 heteroatoms. The predicted octanol–water partition coefficient (Wildman–Crippen LogP) is 7.57. The van der Waals surface area contributed by atoms with Gasteiger partial charge in [-0.2, -0.15) is 0 Å². The molecule has 7 rings (SSSR count). The zero-order valence-corrected chi connectivity index (χ0v) is 23.6. The molecule has 1 aliphatic heterocycles. The number of aromatic amines is 2. The second-order valence-corrected chi connectivity index (χ2v) is 11.4. The summed E-state index contributed by atoms with van der Waals surface area (Å²) in [5, 5.41) is 3.47. The van der Waals surface area contributed by atoms with Crippen LogP contribution in [-0.2, 0) is 11.3 Å². The van der Waals surface area contributed by atoms with Gasteiger partial charge in [0, 0.05) is 11.5 Å². The van der Waals surface area contributed by atoms with Crippen LogP contribution in [0.3, 0.4) is 0 Å². The fraction of sp³-hybridized carbons (Fsp3) is 0.286. The van der Waals surface area contributed by atoms with Gasteiger partial charge in [0.05, 0.1) is 23.6 Å². The van der Waals surface area contributed by atoms with Crippen LogP contribution in [0.2, 0.25) is 0 Å². The van der Waals surface area contributed by atoms with Crippen LogP contribution in [0.15, 0.2) is 85.1 Å². The van der Waals surface area contributed by atoms with Gasteiger partial charge in [0.1, 0.15) is 18.3 Å². The summed E-state index contributed by atoms with van der Waals surface area (Å²) in [6.45, 7) is 1.16. The highest BCUT2D eigenvalue weighted by atomic mass is 16.5. The van der Waals surface area contributed by atoms with E-state index < -0.39 is 5.97 Å². The summed E-state index contributed by atoms with van der Waals surface area (Å²) in [6, 6.07) is 26.7. The van der Waals surface area contributed by atoms with Crippen LogP contribution in [0.4, 0.5) is 0 Å². The lowest BCUT2D eigenvalue weighted by molar-refractivity contribution is 0.0467. The highest BCUT2D eigenvalue weighted by Crippen LogP contribution is 2.34. The van der Waals surface area contributed by atoms with E-state index in [0.29, 0.717) is 17.3 Å². The maximum Gasteiger partial charge on any atom is 0.359 e. The number of hydrogen-bond donors (Lipinski definition) is 3. The monoisotopic (exact) mass is 557 g/mol. The Morgan fingerprint density at radius 3 is 2.14 bits per heavy atom. The molecule has 3 heterocycles. The molecule has 2 aromatic heterocycles. The number of nitrogens with one attached hydrogen (secondary N) is 3. The lowest BCUT2D eigenvalue weighted by atomic mass is 10.0.